The van der Waals surface area contributed by atoms with Crippen LogP contribution < -0.4 is 5.32 Å². The number of hydrogen-bond donors (Lipinski definition) is 1. The maximum Gasteiger partial charge on any atom is 0.337 e. The van der Waals surface area contributed by atoms with Gasteiger partial charge in [0.2, 0.25) is 0 Å². The lowest BCUT2D eigenvalue weighted by Gasteiger charge is -2.30. The molecule has 8 heteroatoms. The van der Waals surface area contributed by atoms with Gasteiger partial charge in [0.05, 0.1) is 35.0 Å². The highest BCUT2D eigenvalue weighted by Gasteiger charge is 2.37. The fraction of sp³-hybridized carbons (Fsp3) is 0.231. The topological polar surface area (TPSA) is 108 Å². The average molecular weight is 463 g/mol. The molecule has 176 valence electrons. The predicted molar refractivity (Wildman–Crippen MR) is 128 cm³/mol. The van der Waals surface area contributed by atoms with Crippen LogP contribution in [0.1, 0.15) is 31.9 Å². The summed E-state index contributed by atoms with van der Waals surface area (Å²) in [4.78, 5) is 36.7. The number of nitro benzene ring substituents is 1. The molecule has 2 aromatic rings. The van der Waals surface area contributed by atoms with E-state index in [-0.39, 0.29) is 24.5 Å². The average Bonchev–Trinajstić information content (AvgIpc) is 2.83. The lowest BCUT2D eigenvalue weighted by atomic mass is 9.83. The predicted octanol–water partition coefficient (Wildman–Crippen LogP) is 4.64. The number of benzene rings is 2. The van der Waals surface area contributed by atoms with Gasteiger partial charge in [0.15, 0.2) is 0 Å². The third-order valence-electron chi connectivity index (χ3n) is 5.25. The van der Waals surface area contributed by atoms with E-state index < -0.39 is 22.8 Å². The van der Waals surface area contributed by atoms with Crippen LogP contribution in [0.3, 0.4) is 0 Å². The third kappa shape index (κ3) is 5.40. The molecule has 8 nitrogen and oxygen atoms in total. The molecule has 34 heavy (non-hydrogen) atoms. The molecule has 1 aliphatic heterocycles. The molecular weight excluding hydrogens is 436 g/mol. The van der Waals surface area contributed by atoms with E-state index >= 15 is 0 Å². The number of nitrogens with one attached hydrogen (secondary N) is 1. The Hall–Kier alpha value is -4.20. The van der Waals surface area contributed by atoms with Crippen LogP contribution in [0.25, 0.3) is 11.8 Å². The van der Waals surface area contributed by atoms with Crippen LogP contribution in [0, 0.1) is 16.0 Å². The van der Waals surface area contributed by atoms with Gasteiger partial charge < -0.3 is 14.8 Å². The first kappa shape index (κ1) is 24.4. The van der Waals surface area contributed by atoms with Crippen molar-refractivity contribution in [3.8, 4) is 0 Å². The Morgan fingerprint density at radius 3 is 2.12 bits per heavy atom. The zero-order valence-corrected chi connectivity index (χ0v) is 19.2. The molecule has 1 unspecified atom stereocenters. The molecular formula is C26H26N2O6. The van der Waals surface area contributed by atoms with Crippen LogP contribution in [0.5, 0.6) is 0 Å². The van der Waals surface area contributed by atoms with Crippen molar-refractivity contribution in [2.45, 2.75) is 20.8 Å². The number of nitro groups is 1. The molecule has 0 fully saturated rings. The zero-order chi connectivity index (χ0) is 24.7. The minimum absolute atomic E-state index is 0.0714. The maximum absolute atomic E-state index is 13.2. The Bertz CT molecular complexity index is 1160. The second kappa shape index (κ2) is 11.1. The number of hydrogen-bond acceptors (Lipinski definition) is 7. The van der Waals surface area contributed by atoms with Crippen molar-refractivity contribution in [2.24, 2.45) is 5.92 Å². The summed E-state index contributed by atoms with van der Waals surface area (Å²) in [5.41, 5.74) is 2.82. The van der Waals surface area contributed by atoms with E-state index in [2.05, 4.69) is 5.32 Å². The fourth-order valence-electron chi connectivity index (χ4n) is 3.72. The van der Waals surface area contributed by atoms with E-state index in [1.54, 1.807) is 39.0 Å². The summed E-state index contributed by atoms with van der Waals surface area (Å²) in [6.07, 6.45) is 3.60. The number of carbonyl (C=O) groups is 2. The summed E-state index contributed by atoms with van der Waals surface area (Å²) >= 11 is 0. The number of allylic oxidation sites excluding steroid dienone is 2. The number of carbonyl (C=O) groups excluding carboxylic acids is 2. The highest BCUT2D eigenvalue weighted by Crippen LogP contribution is 2.37. The second-order valence-electron chi connectivity index (χ2n) is 7.44. The van der Waals surface area contributed by atoms with Crippen molar-refractivity contribution in [3.63, 3.8) is 0 Å². The molecule has 3 rings (SSSR count). The van der Waals surface area contributed by atoms with Crippen molar-refractivity contribution in [1.82, 2.24) is 5.32 Å². The Labute approximate surface area is 197 Å². The number of dihydropyridines is 1. The van der Waals surface area contributed by atoms with E-state index in [0.29, 0.717) is 22.5 Å². The van der Waals surface area contributed by atoms with E-state index in [1.165, 1.54) is 12.1 Å². The van der Waals surface area contributed by atoms with Gasteiger partial charge in [-0.05, 0) is 44.0 Å². The van der Waals surface area contributed by atoms with Gasteiger partial charge in [-0.15, -0.1) is 0 Å². The Balaban J connectivity index is 2.20. The van der Waals surface area contributed by atoms with Gasteiger partial charge in [-0.2, -0.15) is 0 Å². The molecule has 0 radical (unpaired) electrons. The minimum atomic E-state index is -0.759. The first-order valence-electron chi connectivity index (χ1n) is 10.9. The lowest BCUT2D eigenvalue weighted by Crippen LogP contribution is -2.33. The van der Waals surface area contributed by atoms with Crippen LogP contribution in [-0.2, 0) is 19.1 Å². The van der Waals surface area contributed by atoms with Gasteiger partial charge in [-0.1, -0.05) is 42.5 Å². The number of ether oxygens (including phenoxy) is 2. The van der Waals surface area contributed by atoms with Crippen molar-refractivity contribution in [2.75, 3.05) is 13.2 Å². The first-order chi connectivity index (χ1) is 16.4. The molecule has 0 aliphatic carbocycles. The number of rotatable bonds is 8. The van der Waals surface area contributed by atoms with E-state index in [9.17, 15) is 19.7 Å². The quantitative estimate of drug-likeness (QED) is 0.346. The molecule has 1 aliphatic rings. The molecule has 0 amide bonds. The highest BCUT2D eigenvalue weighted by molar-refractivity contribution is 6.04. The summed E-state index contributed by atoms with van der Waals surface area (Å²) in [5, 5.41) is 14.2. The Morgan fingerprint density at radius 2 is 1.56 bits per heavy atom. The molecule has 1 N–H and O–H groups in total. The van der Waals surface area contributed by atoms with Crippen molar-refractivity contribution >= 4 is 29.4 Å². The van der Waals surface area contributed by atoms with Crippen molar-refractivity contribution in [1.29, 1.82) is 0 Å². The number of esters is 2. The molecule has 1 atom stereocenters. The second-order valence-corrected chi connectivity index (χ2v) is 7.44. The number of nitrogens with zero attached hydrogens (tertiary/aromatic N) is 1. The standard InChI is InChI=1S/C26H26N2O6/c1-4-33-25(29)22-17(3)27-24(19-12-14-20(15-13-19)28(31)32)23(26(30)34-5-2)21(22)16-11-18-9-7-6-8-10-18/h6-16,21,27H,4-5H2,1-3H3/b16-11+. The van der Waals surface area contributed by atoms with Gasteiger partial charge >= 0.3 is 11.9 Å². The van der Waals surface area contributed by atoms with Crippen LogP contribution >= 0.6 is 0 Å². The zero-order valence-electron chi connectivity index (χ0n) is 19.2. The first-order valence-corrected chi connectivity index (χ1v) is 10.9. The fourth-order valence-corrected chi connectivity index (χ4v) is 3.72. The molecule has 0 saturated heterocycles. The normalized spacial score (nSPS) is 15.8. The van der Waals surface area contributed by atoms with Crippen molar-refractivity contribution in [3.05, 3.63) is 98.8 Å². The van der Waals surface area contributed by atoms with E-state index in [4.69, 9.17) is 9.47 Å². The molecule has 0 aromatic heterocycles. The Kier molecular flexibility index (Phi) is 7.97. The smallest absolute Gasteiger partial charge is 0.337 e. The van der Waals surface area contributed by atoms with Crippen LogP contribution in [0.15, 0.2) is 77.5 Å². The number of non-ortho nitro benzene ring substituents is 1. The molecule has 0 saturated carbocycles. The van der Waals surface area contributed by atoms with Gasteiger partial charge in [-0.25, -0.2) is 9.59 Å². The largest absolute Gasteiger partial charge is 0.463 e. The molecule has 2 aromatic carbocycles. The summed E-state index contributed by atoms with van der Waals surface area (Å²) in [5.74, 6) is -1.90. The van der Waals surface area contributed by atoms with E-state index in [1.807, 2.05) is 36.4 Å². The van der Waals surface area contributed by atoms with Gasteiger partial charge in [0.1, 0.15) is 0 Å². The van der Waals surface area contributed by atoms with Crippen LogP contribution in [0.4, 0.5) is 5.69 Å². The molecule has 0 spiro atoms. The molecule has 0 bridgehead atoms. The third-order valence-corrected chi connectivity index (χ3v) is 5.25. The van der Waals surface area contributed by atoms with Crippen LogP contribution in [0.2, 0.25) is 0 Å². The van der Waals surface area contributed by atoms with Gasteiger partial charge in [-0.3, -0.25) is 10.1 Å². The molecule has 1 heterocycles. The van der Waals surface area contributed by atoms with Gasteiger partial charge in [0, 0.05) is 23.7 Å². The highest BCUT2D eigenvalue weighted by atomic mass is 16.6. The Morgan fingerprint density at radius 1 is 0.971 bits per heavy atom. The SMILES string of the molecule is CCOC(=O)C1=C(C)NC(c2ccc([N+](=O)[O-])cc2)=C(C(=O)OCC)C1/C=C/c1ccccc1. The monoisotopic (exact) mass is 462 g/mol. The van der Waals surface area contributed by atoms with Gasteiger partial charge in [0.25, 0.3) is 5.69 Å². The van der Waals surface area contributed by atoms with E-state index in [0.717, 1.165) is 5.56 Å². The van der Waals surface area contributed by atoms with Crippen LogP contribution in [-0.4, -0.2) is 30.1 Å². The minimum Gasteiger partial charge on any atom is -0.463 e. The summed E-state index contributed by atoms with van der Waals surface area (Å²) in [7, 11) is 0. The summed E-state index contributed by atoms with van der Waals surface area (Å²) < 4.78 is 10.6. The maximum atomic E-state index is 13.2. The lowest BCUT2D eigenvalue weighted by molar-refractivity contribution is -0.384. The van der Waals surface area contributed by atoms with Crippen molar-refractivity contribution < 1.29 is 24.0 Å². The summed E-state index contributed by atoms with van der Waals surface area (Å²) in [6.45, 7) is 5.45. The summed E-state index contributed by atoms with van der Waals surface area (Å²) in [6, 6.07) is 15.3.